The van der Waals surface area contributed by atoms with Gasteiger partial charge in [-0.15, -0.1) is 11.8 Å². The number of thioether (sulfide) groups is 1. The molecule has 0 radical (unpaired) electrons. The third-order valence-corrected chi connectivity index (χ3v) is 4.37. The molecule has 2 unspecified atom stereocenters. The lowest BCUT2D eigenvalue weighted by atomic mass is 10.1. The normalized spacial score (nSPS) is 23.5. The minimum Gasteiger partial charge on any atom is -0.298 e. The molecule has 0 spiro atoms. The highest BCUT2D eigenvalue weighted by Gasteiger charge is 2.43. The molecule has 0 amide bonds. The maximum Gasteiger partial charge on any atom is 0.146 e. The summed E-state index contributed by atoms with van der Waals surface area (Å²) in [5.74, 6) is 1.87. The van der Waals surface area contributed by atoms with E-state index in [4.69, 9.17) is 0 Å². The van der Waals surface area contributed by atoms with Crippen molar-refractivity contribution in [2.75, 3.05) is 5.75 Å². The van der Waals surface area contributed by atoms with Gasteiger partial charge in [-0.05, 0) is 17.9 Å². The van der Waals surface area contributed by atoms with Crippen LogP contribution in [0.15, 0.2) is 30.3 Å². The Bertz CT molecular complexity index is 391. The summed E-state index contributed by atoms with van der Waals surface area (Å²) in [6.07, 6.45) is 1.05. The van der Waals surface area contributed by atoms with Gasteiger partial charge in [0.15, 0.2) is 0 Å². The summed E-state index contributed by atoms with van der Waals surface area (Å²) < 4.78 is 0.187. The molecule has 1 aliphatic rings. The average Bonchev–Trinajstić information content (AvgIpc) is 3.06. The summed E-state index contributed by atoms with van der Waals surface area (Å²) in [7, 11) is 0. The lowest BCUT2D eigenvalue weighted by molar-refractivity contribution is -0.117. The second-order valence-corrected chi connectivity index (χ2v) is 7.53. The molecular formula is C15H20OS. The van der Waals surface area contributed by atoms with E-state index in [1.165, 1.54) is 5.56 Å². The summed E-state index contributed by atoms with van der Waals surface area (Å²) in [4.78, 5) is 12.0. The van der Waals surface area contributed by atoms with Gasteiger partial charge in [-0.25, -0.2) is 0 Å². The van der Waals surface area contributed by atoms with E-state index in [1.54, 1.807) is 11.8 Å². The third kappa shape index (κ3) is 3.60. The van der Waals surface area contributed by atoms with Gasteiger partial charge in [0.1, 0.15) is 5.78 Å². The van der Waals surface area contributed by atoms with Crippen molar-refractivity contribution in [3.63, 3.8) is 0 Å². The van der Waals surface area contributed by atoms with E-state index in [9.17, 15) is 4.79 Å². The Morgan fingerprint density at radius 1 is 1.29 bits per heavy atom. The van der Waals surface area contributed by atoms with Crippen molar-refractivity contribution in [3.05, 3.63) is 35.9 Å². The van der Waals surface area contributed by atoms with Crippen LogP contribution in [0.4, 0.5) is 0 Å². The molecule has 0 saturated heterocycles. The predicted molar refractivity (Wildman–Crippen MR) is 74.5 cm³/mol. The smallest absolute Gasteiger partial charge is 0.146 e. The quantitative estimate of drug-likeness (QED) is 0.804. The molecule has 1 aromatic carbocycles. The number of carbonyl (C=O) groups is 1. The zero-order valence-electron chi connectivity index (χ0n) is 10.8. The standard InChI is InChI=1S/C15H20OS/c1-15(2,3)17-10-14(16)13-9-12(13)11-7-5-4-6-8-11/h4-8,12-13H,9-10H2,1-3H3. The number of hydrogen-bond acceptors (Lipinski definition) is 2. The van der Waals surface area contributed by atoms with Gasteiger partial charge in [-0.3, -0.25) is 4.79 Å². The Morgan fingerprint density at radius 3 is 2.53 bits per heavy atom. The predicted octanol–water partition coefficient (Wildman–Crippen LogP) is 3.89. The molecule has 1 aromatic rings. The molecule has 1 nitrogen and oxygen atoms in total. The van der Waals surface area contributed by atoms with Crippen molar-refractivity contribution in [3.8, 4) is 0 Å². The second-order valence-electron chi connectivity index (χ2n) is 5.73. The summed E-state index contributed by atoms with van der Waals surface area (Å²) in [5, 5.41) is 0. The van der Waals surface area contributed by atoms with Crippen molar-refractivity contribution in [1.82, 2.24) is 0 Å². The molecule has 0 aliphatic heterocycles. The zero-order valence-corrected chi connectivity index (χ0v) is 11.6. The van der Waals surface area contributed by atoms with Crippen LogP contribution in [0.3, 0.4) is 0 Å². The van der Waals surface area contributed by atoms with Gasteiger partial charge in [-0.2, -0.15) is 0 Å². The van der Waals surface area contributed by atoms with Gasteiger partial charge in [-0.1, -0.05) is 51.1 Å². The fourth-order valence-electron chi connectivity index (χ4n) is 2.01. The van der Waals surface area contributed by atoms with Crippen molar-refractivity contribution < 1.29 is 4.79 Å². The van der Waals surface area contributed by atoms with E-state index in [-0.39, 0.29) is 10.7 Å². The van der Waals surface area contributed by atoms with Crippen LogP contribution in [-0.2, 0) is 4.79 Å². The molecule has 92 valence electrons. The van der Waals surface area contributed by atoms with Crippen molar-refractivity contribution in [2.45, 2.75) is 37.9 Å². The van der Waals surface area contributed by atoms with E-state index >= 15 is 0 Å². The lowest BCUT2D eigenvalue weighted by Crippen LogP contribution is -2.14. The number of benzene rings is 1. The molecule has 1 aliphatic carbocycles. The highest BCUT2D eigenvalue weighted by Crippen LogP contribution is 2.48. The average molecular weight is 248 g/mol. The summed E-state index contributed by atoms with van der Waals surface area (Å²) in [5.41, 5.74) is 1.33. The molecule has 0 bridgehead atoms. The van der Waals surface area contributed by atoms with Gasteiger partial charge in [0.25, 0.3) is 0 Å². The maximum atomic E-state index is 12.0. The highest BCUT2D eigenvalue weighted by atomic mass is 32.2. The lowest BCUT2D eigenvalue weighted by Gasteiger charge is -2.16. The van der Waals surface area contributed by atoms with Gasteiger partial charge < -0.3 is 0 Å². The molecule has 2 atom stereocenters. The van der Waals surface area contributed by atoms with E-state index < -0.39 is 0 Å². The first-order chi connectivity index (χ1) is 7.97. The van der Waals surface area contributed by atoms with Gasteiger partial charge >= 0.3 is 0 Å². The van der Waals surface area contributed by atoms with E-state index in [1.807, 2.05) is 6.07 Å². The molecule has 17 heavy (non-hydrogen) atoms. The Kier molecular flexibility index (Phi) is 3.62. The Labute approximate surface area is 108 Å². The fraction of sp³-hybridized carbons (Fsp3) is 0.533. The van der Waals surface area contributed by atoms with Crippen molar-refractivity contribution in [2.24, 2.45) is 5.92 Å². The van der Waals surface area contributed by atoms with Gasteiger partial charge in [0, 0.05) is 10.7 Å². The summed E-state index contributed by atoms with van der Waals surface area (Å²) in [6.45, 7) is 6.48. The Hall–Kier alpha value is -0.760. The SMILES string of the molecule is CC(C)(C)SCC(=O)C1CC1c1ccccc1. The molecule has 0 heterocycles. The number of carbonyl (C=O) groups excluding carboxylic acids is 1. The third-order valence-electron chi connectivity index (χ3n) is 3.08. The van der Waals surface area contributed by atoms with Gasteiger partial charge in [0.05, 0.1) is 5.75 Å². The first-order valence-corrected chi connectivity index (χ1v) is 7.17. The topological polar surface area (TPSA) is 17.1 Å². The second kappa shape index (κ2) is 4.85. The number of rotatable bonds is 4. The molecule has 1 saturated carbocycles. The van der Waals surface area contributed by atoms with E-state index in [0.717, 1.165) is 6.42 Å². The molecular weight excluding hydrogens is 228 g/mol. The van der Waals surface area contributed by atoms with Crippen LogP contribution < -0.4 is 0 Å². The molecule has 0 N–H and O–H groups in total. The molecule has 0 aromatic heterocycles. The maximum absolute atomic E-state index is 12.0. The minimum atomic E-state index is 0.187. The van der Waals surface area contributed by atoms with Crippen LogP contribution in [0.1, 0.15) is 38.7 Å². The minimum absolute atomic E-state index is 0.187. The van der Waals surface area contributed by atoms with Gasteiger partial charge in [0.2, 0.25) is 0 Å². The fourth-order valence-corrected chi connectivity index (χ4v) is 2.80. The summed E-state index contributed by atoms with van der Waals surface area (Å²) in [6, 6.07) is 10.4. The largest absolute Gasteiger partial charge is 0.298 e. The van der Waals surface area contributed by atoms with Crippen LogP contribution in [0, 0.1) is 5.92 Å². The monoisotopic (exact) mass is 248 g/mol. The van der Waals surface area contributed by atoms with Crippen LogP contribution in [0.2, 0.25) is 0 Å². The Balaban J connectivity index is 1.85. The first-order valence-electron chi connectivity index (χ1n) is 6.19. The van der Waals surface area contributed by atoms with Crippen LogP contribution in [0.5, 0.6) is 0 Å². The van der Waals surface area contributed by atoms with E-state index in [0.29, 0.717) is 17.5 Å². The molecule has 2 rings (SSSR count). The number of ketones is 1. The van der Waals surface area contributed by atoms with Crippen molar-refractivity contribution >= 4 is 17.5 Å². The Morgan fingerprint density at radius 2 is 1.94 bits per heavy atom. The molecule has 1 fully saturated rings. The number of hydrogen-bond donors (Lipinski definition) is 0. The highest BCUT2D eigenvalue weighted by molar-refractivity contribution is 8.01. The van der Waals surface area contributed by atoms with Crippen molar-refractivity contribution in [1.29, 1.82) is 0 Å². The van der Waals surface area contributed by atoms with Crippen LogP contribution in [0.25, 0.3) is 0 Å². The van der Waals surface area contributed by atoms with Crippen LogP contribution in [-0.4, -0.2) is 16.3 Å². The van der Waals surface area contributed by atoms with Crippen LogP contribution >= 0.6 is 11.8 Å². The molecule has 2 heteroatoms. The van der Waals surface area contributed by atoms with E-state index in [2.05, 4.69) is 45.0 Å². The number of Topliss-reactive ketones (excluding diaryl/α,β-unsaturated/α-hetero) is 1. The summed E-state index contributed by atoms with van der Waals surface area (Å²) >= 11 is 1.76. The first kappa shape index (κ1) is 12.7. The zero-order chi connectivity index (χ0) is 12.5.